The fourth-order valence-corrected chi connectivity index (χ4v) is 2.01. The molecule has 0 bridgehead atoms. The van der Waals surface area contributed by atoms with E-state index in [9.17, 15) is 13.2 Å². The normalized spacial score (nSPS) is 11.5. The van der Waals surface area contributed by atoms with Gasteiger partial charge in [0.2, 0.25) is 0 Å². The molecule has 0 fully saturated rings. The Kier molecular flexibility index (Phi) is 4.38. The maximum atomic E-state index is 12.1. The van der Waals surface area contributed by atoms with Gasteiger partial charge in [-0.05, 0) is 0 Å². The molecule has 0 aromatic heterocycles. The van der Waals surface area contributed by atoms with E-state index in [0.717, 1.165) is 19.6 Å². The van der Waals surface area contributed by atoms with E-state index >= 15 is 0 Å². The van der Waals surface area contributed by atoms with E-state index in [1.165, 1.54) is 12.1 Å². The van der Waals surface area contributed by atoms with Gasteiger partial charge in [-0.3, -0.25) is 0 Å². The van der Waals surface area contributed by atoms with E-state index in [1.807, 2.05) is 42.0 Å². The zero-order valence-corrected chi connectivity index (χ0v) is 10.6. The van der Waals surface area contributed by atoms with Crippen molar-refractivity contribution in [2.24, 2.45) is 0 Å². The van der Waals surface area contributed by atoms with Crippen LogP contribution in [0.15, 0.2) is 42.5 Å². The molecule has 1 nitrogen and oxygen atoms in total. The monoisotopic (exact) mass is 250 g/mol. The summed E-state index contributed by atoms with van der Waals surface area (Å²) < 4.78 is 42.1. The van der Waals surface area contributed by atoms with E-state index in [0.29, 0.717) is 0 Å². The van der Waals surface area contributed by atoms with Crippen molar-refractivity contribution >= 4 is 43.9 Å². The summed E-state index contributed by atoms with van der Waals surface area (Å²) >= 11 is 3.74. The Morgan fingerprint density at radius 3 is 2.05 bits per heavy atom. The molecule has 0 unspecified atom stereocenters. The first-order valence-electron chi connectivity index (χ1n) is 5.79. The van der Waals surface area contributed by atoms with Crippen molar-refractivity contribution in [3.05, 3.63) is 42.5 Å². The Balaban J connectivity index is 2.38. The van der Waals surface area contributed by atoms with Crippen molar-refractivity contribution in [3.63, 3.8) is 0 Å². The van der Waals surface area contributed by atoms with Gasteiger partial charge in [0, 0.05) is 0 Å². The third-order valence-electron chi connectivity index (χ3n) is 2.87. The summed E-state index contributed by atoms with van der Waals surface area (Å²) in [5.74, 6) is -0.192. The number of halogens is 3. The van der Waals surface area contributed by atoms with Gasteiger partial charge in [0.05, 0.1) is 0 Å². The number of rotatable bonds is 2. The van der Waals surface area contributed by atoms with Gasteiger partial charge in [-0.25, -0.2) is 0 Å². The third kappa shape index (κ3) is 3.84. The zero-order chi connectivity index (χ0) is 14.0. The predicted molar refractivity (Wildman–Crippen MR) is 69.3 cm³/mol. The Morgan fingerprint density at radius 2 is 1.47 bits per heavy atom. The zero-order valence-electron chi connectivity index (χ0n) is 10.6. The van der Waals surface area contributed by atoms with Crippen LogP contribution in [-0.4, -0.2) is 41.8 Å². The topological polar surface area (TPSA) is 9.23 Å². The van der Waals surface area contributed by atoms with Crippen LogP contribution in [0.4, 0.5) is 13.2 Å². The Morgan fingerprint density at radius 1 is 0.842 bits per heavy atom. The summed E-state index contributed by atoms with van der Waals surface area (Å²) in [6.07, 6.45) is -4.66. The molecular weight excluding hydrogens is 243 g/mol. The van der Waals surface area contributed by atoms with Gasteiger partial charge in [-0.2, -0.15) is 0 Å². The number of hydrogen-bond donors (Lipinski definition) is 0. The summed E-state index contributed by atoms with van der Waals surface area (Å²) in [6, 6.07) is 12.1. The molecule has 0 aliphatic rings. The maximum absolute atomic E-state index is 12.1. The molecule has 0 saturated heterocycles. The van der Waals surface area contributed by atoms with Crippen LogP contribution in [0.3, 0.4) is 0 Å². The second kappa shape index (κ2) is 5.69. The van der Waals surface area contributed by atoms with E-state index in [2.05, 4.69) is 4.74 Å². The molecule has 88 valence electrons. The molecule has 0 N–H and O–H groups in total. The van der Waals surface area contributed by atoms with Crippen LogP contribution in [0, 0.1) is 0 Å². The molecule has 6 heteroatoms. The summed E-state index contributed by atoms with van der Waals surface area (Å²) in [7, 11) is 0. The predicted octanol–water partition coefficient (Wildman–Crippen LogP) is 1.84. The summed E-state index contributed by atoms with van der Waals surface area (Å²) in [5, 5.41) is 0. The first-order chi connectivity index (χ1) is 8.87. The molecule has 0 atom stereocenters. The summed E-state index contributed by atoms with van der Waals surface area (Å²) in [4.78, 5) is 0. The van der Waals surface area contributed by atoms with Crippen LogP contribution in [-0.2, 0) is 0 Å². The molecule has 2 aromatic rings. The van der Waals surface area contributed by atoms with Gasteiger partial charge in [-0.1, -0.05) is 0 Å². The first kappa shape index (κ1) is 14.6. The molecular formula is C13H7F3Li2O. The Bertz CT molecular complexity index is 597. The van der Waals surface area contributed by atoms with Crippen LogP contribution in [0.25, 0.3) is 11.1 Å². The van der Waals surface area contributed by atoms with Crippen molar-refractivity contribution in [2.75, 3.05) is 0 Å². The molecule has 2 rings (SSSR count). The minimum atomic E-state index is -4.66. The molecule has 2 aromatic carbocycles. The van der Waals surface area contributed by atoms with Crippen molar-refractivity contribution in [1.82, 2.24) is 0 Å². The average Bonchev–Trinajstić information content (AvgIpc) is 2.28. The van der Waals surface area contributed by atoms with E-state index < -0.39 is 6.36 Å². The molecule has 0 amide bonds. The van der Waals surface area contributed by atoms with Crippen LogP contribution in [0.5, 0.6) is 5.75 Å². The molecule has 0 radical (unpaired) electrons. The van der Waals surface area contributed by atoms with Crippen LogP contribution >= 0.6 is 0 Å². The van der Waals surface area contributed by atoms with Gasteiger partial charge < -0.3 is 0 Å². The van der Waals surface area contributed by atoms with Crippen molar-refractivity contribution < 1.29 is 17.9 Å². The van der Waals surface area contributed by atoms with Crippen molar-refractivity contribution in [3.8, 4) is 16.9 Å². The van der Waals surface area contributed by atoms with E-state index in [1.54, 1.807) is 23.8 Å². The van der Waals surface area contributed by atoms with Crippen LogP contribution < -0.4 is 13.2 Å². The Labute approximate surface area is 127 Å². The SMILES string of the molecule is [Li][c]1ccccc1-c1ccc(OC(F)(F)F)c[c]1[Li]. The third-order valence-corrected chi connectivity index (χ3v) is 2.87. The van der Waals surface area contributed by atoms with Gasteiger partial charge in [0.15, 0.2) is 0 Å². The van der Waals surface area contributed by atoms with Crippen LogP contribution in [0.2, 0.25) is 0 Å². The molecule has 0 aliphatic carbocycles. The number of hydrogen-bond acceptors (Lipinski definition) is 1. The fourth-order valence-electron chi connectivity index (χ4n) is 2.01. The van der Waals surface area contributed by atoms with Gasteiger partial charge in [-0.15, -0.1) is 0 Å². The van der Waals surface area contributed by atoms with E-state index in [-0.39, 0.29) is 5.75 Å². The van der Waals surface area contributed by atoms with Gasteiger partial charge in [0.25, 0.3) is 0 Å². The summed E-state index contributed by atoms with van der Waals surface area (Å²) in [6.45, 7) is 0. The van der Waals surface area contributed by atoms with Gasteiger partial charge >= 0.3 is 128 Å². The fraction of sp³-hybridized carbons (Fsp3) is 0.0769. The Hall–Kier alpha value is -0.775. The van der Waals surface area contributed by atoms with Crippen molar-refractivity contribution in [1.29, 1.82) is 0 Å². The van der Waals surface area contributed by atoms with E-state index in [4.69, 9.17) is 0 Å². The first-order valence-corrected chi connectivity index (χ1v) is 5.79. The second-order valence-electron chi connectivity index (χ2n) is 4.34. The van der Waals surface area contributed by atoms with Crippen LogP contribution in [0.1, 0.15) is 0 Å². The number of alkyl halides is 3. The molecule has 0 aliphatic heterocycles. The summed E-state index contributed by atoms with van der Waals surface area (Å²) in [5.41, 5.74) is 1.92. The molecule has 0 heterocycles. The minimum absolute atomic E-state index is 0.192. The standard InChI is InChI=1S/C13H7F3O.2Li/c14-13(15,16)17-12-8-6-11(7-9-12)10-4-2-1-3-5-10;;/h1-4,6,8-9H;;. The number of benzene rings is 2. The van der Waals surface area contributed by atoms with Crippen molar-refractivity contribution in [2.45, 2.75) is 6.36 Å². The average molecular weight is 250 g/mol. The quantitative estimate of drug-likeness (QED) is 0.739. The molecule has 19 heavy (non-hydrogen) atoms. The molecule has 0 spiro atoms. The molecule has 0 saturated carbocycles. The van der Waals surface area contributed by atoms with Gasteiger partial charge in [0.1, 0.15) is 0 Å². The second-order valence-corrected chi connectivity index (χ2v) is 4.34. The number of ether oxygens (including phenoxy) is 1.